The molecule has 3 aromatic rings. The summed E-state index contributed by atoms with van der Waals surface area (Å²) in [6.45, 7) is 2.77. The first kappa shape index (κ1) is 18.5. The van der Waals surface area contributed by atoms with Crippen LogP contribution in [-0.2, 0) is 17.8 Å². The Morgan fingerprint density at radius 3 is 3.04 bits per heavy atom. The number of rotatable bonds is 8. The second-order valence-electron chi connectivity index (χ2n) is 5.68. The second kappa shape index (κ2) is 8.86. The maximum absolute atomic E-state index is 12.3. The van der Waals surface area contributed by atoms with E-state index in [-0.39, 0.29) is 11.7 Å². The van der Waals surface area contributed by atoms with Crippen molar-refractivity contribution in [3.05, 3.63) is 52.5 Å². The van der Waals surface area contributed by atoms with Crippen molar-refractivity contribution in [2.75, 3.05) is 18.2 Å². The Labute approximate surface area is 160 Å². The largest absolute Gasteiger partial charge is 0.495 e. The molecule has 0 bridgehead atoms. The van der Waals surface area contributed by atoms with E-state index in [9.17, 15) is 4.79 Å². The van der Waals surface area contributed by atoms with Crippen molar-refractivity contribution < 1.29 is 9.53 Å². The number of anilines is 1. The number of hydrogen-bond donors (Lipinski definition) is 1. The van der Waals surface area contributed by atoms with Gasteiger partial charge >= 0.3 is 0 Å². The van der Waals surface area contributed by atoms with E-state index in [1.807, 2.05) is 35.8 Å². The standard InChI is InChI=1S/C18H20N4O2S2/c1-13-5-6-16(24-2)15(10-13)20-17(23)11-26-18-21-19-12-22(18)8-7-14-4-3-9-25-14/h3-6,9-10,12H,7-8,11H2,1-2H3,(H,20,23). The number of aromatic nitrogens is 3. The van der Waals surface area contributed by atoms with E-state index in [0.29, 0.717) is 11.4 Å². The summed E-state index contributed by atoms with van der Waals surface area (Å²) in [4.78, 5) is 13.6. The van der Waals surface area contributed by atoms with Gasteiger partial charge in [0.1, 0.15) is 12.1 Å². The smallest absolute Gasteiger partial charge is 0.234 e. The summed E-state index contributed by atoms with van der Waals surface area (Å²) >= 11 is 3.11. The van der Waals surface area contributed by atoms with Crippen LogP contribution in [0.2, 0.25) is 0 Å². The van der Waals surface area contributed by atoms with Gasteiger partial charge in [0.05, 0.1) is 18.6 Å². The van der Waals surface area contributed by atoms with Crippen LogP contribution < -0.4 is 10.1 Å². The highest BCUT2D eigenvalue weighted by molar-refractivity contribution is 7.99. The molecule has 0 aliphatic rings. The van der Waals surface area contributed by atoms with Crippen LogP contribution in [0.5, 0.6) is 5.75 Å². The maximum atomic E-state index is 12.3. The minimum atomic E-state index is -0.105. The van der Waals surface area contributed by atoms with Crippen LogP contribution in [0.1, 0.15) is 10.4 Å². The summed E-state index contributed by atoms with van der Waals surface area (Å²) in [5.41, 5.74) is 1.74. The fraction of sp³-hybridized carbons (Fsp3) is 0.278. The molecule has 0 atom stereocenters. The summed E-state index contributed by atoms with van der Waals surface area (Å²) in [7, 11) is 1.59. The lowest BCUT2D eigenvalue weighted by molar-refractivity contribution is -0.113. The van der Waals surface area contributed by atoms with Crippen molar-refractivity contribution in [2.45, 2.75) is 25.0 Å². The maximum Gasteiger partial charge on any atom is 0.234 e. The molecule has 1 amide bonds. The van der Waals surface area contributed by atoms with Crippen molar-refractivity contribution in [1.29, 1.82) is 0 Å². The molecule has 3 rings (SSSR count). The number of benzene rings is 1. The molecule has 0 saturated heterocycles. The molecule has 1 N–H and O–H groups in total. The van der Waals surface area contributed by atoms with Gasteiger partial charge < -0.3 is 14.6 Å². The van der Waals surface area contributed by atoms with Gasteiger partial charge in [-0.2, -0.15) is 0 Å². The lowest BCUT2D eigenvalue weighted by Crippen LogP contribution is -2.15. The van der Waals surface area contributed by atoms with Crippen molar-refractivity contribution in [3.63, 3.8) is 0 Å². The Kier molecular flexibility index (Phi) is 6.30. The fourth-order valence-corrected chi connectivity index (χ4v) is 3.87. The summed E-state index contributed by atoms with van der Waals surface area (Å²) in [5, 5.41) is 13.8. The number of amides is 1. The number of nitrogens with one attached hydrogen (secondary N) is 1. The first-order valence-corrected chi connectivity index (χ1v) is 9.99. The van der Waals surface area contributed by atoms with Gasteiger partial charge in [0.25, 0.3) is 0 Å². The van der Waals surface area contributed by atoms with Gasteiger partial charge in [-0.3, -0.25) is 4.79 Å². The fourth-order valence-electron chi connectivity index (χ4n) is 2.43. The molecular formula is C18H20N4O2S2. The Morgan fingerprint density at radius 2 is 2.27 bits per heavy atom. The molecule has 0 radical (unpaired) electrons. The first-order valence-electron chi connectivity index (χ1n) is 8.13. The molecule has 0 spiro atoms. The minimum absolute atomic E-state index is 0.105. The third-order valence-electron chi connectivity index (χ3n) is 3.72. The average Bonchev–Trinajstić information content (AvgIpc) is 3.30. The van der Waals surface area contributed by atoms with E-state index in [1.165, 1.54) is 16.6 Å². The van der Waals surface area contributed by atoms with E-state index >= 15 is 0 Å². The monoisotopic (exact) mass is 388 g/mol. The molecule has 0 aliphatic carbocycles. The SMILES string of the molecule is COc1ccc(C)cc1NC(=O)CSc1nncn1CCc1cccs1. The van der Waals surface area contributed by atoms with Gasteiger partial charge in [-0.05, 0) is 42.5 Å². The highest BCUT2D eigenvalue weighted by Crippen LogP contribution is 2.25. The zero-order chi connectivity index (χ0) is 18.4. The molecule has 0 aliphatic heterocycles. The van der Waals surface area contributed by atoms with Gasteiger partial charge in [-0.1, -0.05) is 23.9 Å². The highest BCUT2D eigenvalue weighted by atomic mass is 32.2. The predicted octanol–water partition coefficient (Wildman–Crippen LogP) is 3.63. The van der Waals surface area contributed by atoms with Gasteiger partial charge in [-0.15, -0.1) is 21.5 Å². The molecule has 0 saturated carbocycles. The van der Waals surface area contributed by atoms with Gasteiger partial charge in [0, 0.05) is 11.4 Å². The van der Waals surface area contributed by atoms with Crippen LogP contribution >= 0.6 is 23.1 Å². The van der Waals surface area contributed by atoms with E-state index in [2.05, 4.69) is 27.0 Å². The lowest BCUT2D eigenvalue weighted by atomic mass is 10.2. The predicted molar refractivity (Wildman–Crippen MR) is 105 cm³/mol. The molecule has 8 heteroatoms. The van der Waals surface area contributed by atoms with Gasteiger partial charge in [-0.25, -0.2) is 0 Å². The highest BCUT2D eigenvalue weighted by Gasteiger charge is 2.11. The third kappa shape index (κ3) is 4.86. The van der Waals surface area contributed by atoms with Crippen LogP contribution in [0.15, 0.2) is 47.2 Å². The van der Waals surface area contributed by atoms with Crippen molar-refractivity contribution in [2.24, 2.45) is 0 Å². The van der Waals surface area contributed by atoms with Gasteiger partial charge in [0.2, 0.25) is 5.91 Å². The molecule has 2 heterocycles. The number of ether oxygens (including phenoxy) is 1. The van der Waals surface area contributed by atoms with Gasteiger partial charge in [0.15, 0.2) is 5.16 Å². The number of carbonyl (C=O) groups excluding carboxylic acids is 1. The summed E-state index contributed by atoms with van der Waals surface area (Å²) in [6, 6.07) is 9.85. The normalized spacial score (nSPS) is 10.7. The Balaban J connectivity index is 1.55. The topological polar surface area (TPSA) is 69.0 Å². The zero-order valence-corrected chi connectivity index (χ0v) is 16.3. The zero-order valence-electron chi connectivity index (χ0n) is 14.6. The van der Waals surface area contributed by atoms with Crippen molar-refractivity contribution in [1.82, 2.24) is 14.8 Å². The van der Waals surface area contributed by atoms with E-state index in [1.54, 1.807) is 24.8 Å². The Morgan fingerprint density at radius 1 is 1.38 bits per heavy atom. The molecule has 136 valence electrons. The van der Waals surface area contributed by atoms with Crippen molar-refractivity contribution in [3.8, 4) is 5.75 Å². The molecule has 0 fully saturated rings. The van der Waals surface area contributed by atoms with Crippen LogP contribution in [0.3, 0.4) is 0 Å². The number of methoxy groups -OCH3 is 1. The number of carbonyl (C=O) groups is 1. The number of thioether (sulfide) groups is 1. The van der Waals surface area contributed by atoms with Crippen molar-refractivity contribution >= 4 is 34.7 Å². The minimum Gasteiger partial charge on any atom is -0.495 e. The molecule has 0 unspecified atom stereocenters. The Hall–Kier alpha value is -2.32. The summed E-state index contributed by atoms with van der Waals surface area (Å²) in [6.07, 6.45) is 2.63. The van der Waals surface area contributed by atoms with E-state index in [4.69, 9.17) is 4.74 Å². The number of thiophene rings is 1. The quantitative estimate of drug-likeness (QED) is 0.597. The van der Waals surface area contributed by atoms with Crippen LogP contribution in [-0.4, -0.2) is 33.5 Å². The molecule has 2 aromatic heterocycles. The first-order chi connectivity index (χ1) is 12.7. The second-order valence-corrected chi connectivity index (χ2v) is 7.65. The summed E-state index contributed by atoms with van der Waals surface area (Å²) in [5.74, 6) is 0.800. The molecule has 26 heavy (non-hydrogen) atoms. The Bertz CT molecular complexity index is 862. The number of nitrogens with zero attached hydrogens (tertiary/aromatic N) is 3. The lowest BCUT2D eigenvalue weighted by Gasteiger charge is -2.11. The molecular weight excluding hydrogens is 368 g/mol. The average molecular weight is 389 g/mol. The molecule has 1 aromatic carbocycles. The number of aryl methyl sites for hydroxylation is 3. The van der Waals surface area contributed by atoms with E-state index < -0.39 is 0 Å². The van der Waals surface area contributed by atoms with Crippen LogP contribution in [0.25, 0.3) is 0 Å². The van der Waals surface area contributed by atoms with E-state index in [0.717, 1.165) is 23.7 Å². The van der Waals surface area contributed by atoms with Crippen LogP contribution in [0, 0.1) is 6.92 Å². The molecule has 6 nitrogen and oxygen atoms in total. The third-order valence-corrected chi connectivity index (χ3v) is 5.64. The van der Waals surface area contributed by atoms with Crippen LogP contribution in [0.4, 0.5) is 5.69 Å². The summed E-state index contributed by atoms with van der Waals surface area (Å²) < 4.78 is 7.27. The number of hydrogen-bond acceptors (Lipinski definition) is 6.